The van der Waals surface area contributed by atoms with Crippen LogP contribution in [0.2, 0.25) is 0 Å². The summed E-state index contributed by atoms with van der Waals surface area (Å²) >= 11 is 0. The van der Waals surface area contributed by atoms with Crippen LogP contribution >= 0.6 is 0 Å². The van der Waals surface area contributed by atoms with Crippen LogP contribution in [-0.4, -0.2) is 36.1 Å². The van der Waals surface area contributed by atoms with E-state index >= 15 is 0 Å². The summed E-state index contributed by atoms with van der Waals surface area (Å²) in [6, 6.07) is 0. The largest absolute Gasteiger partial charge is 0.503 e. The second-order valence-electron chi connectivity index (χ2n) is 2.08. The van der Waals surface area contributed by atoms with Crippen molar-refractivity contribution in [1.82, 2.24) is 5.32 Å². The molecule has 0 saturated heterocycles. The molecule has 0 radical (unpaired) electrons. The van der Waals surface area contributed by atoms with Crippen molar-refractivity contribution < 1.29 is 27.7 Å². The minimum atomic E-state index is -3.67. The third-order valence-corrected chi connectivity index (χ3v) is 0.737. The molecule has 0 atom stereocenters. The predicted octanol–water partition coefficient (Wildman–Crippen LogP) is -2.59. The lowest BCUT2D eigenvalue weighted by molar-refractivity contribution is -0.124. The molecule has 15 heavy (non-hydrogen) atoms. The van der Waals surface area contributed by atoms with Crippen molar-refractivity contribution in [3.05, 3.63) is 11.8 Å². The van der Waals surface area contributed by atoms with Gasteiger partial charge >= 0.3 is 0 Å². The fourth-order valence-electron chi connectivity index (χ4n) is 0.402. The number of carbonyl (C=O) groups is 2. The zero-order valence-electron chi connectivity index (χ0n) is 7.67. The topological polar surface area (TPSA) is 173 Å². The van der Waals surface area contributed by atoms with Gasteiger partial charge in [-0.15, -0.1) is 0 Å². The lowest BCUT2D eigenvalue weighted by atomic mass is 10.5. The molecule has 10 heteroatoms. The summed E-state index contributed by atoms with van der Waals surface area (Å²) in [5, 5.41) is 10.2. The highest BCUT2D eigenvalue weighted by Crippen LogP contribution is 1.94. The maximum atomic E-state index is 10.1. The summed E-state index contributed by atoms with van der Waals surface area (Å²) < 4.78 is 25.9. The highest BCUT2D eigenvalue weighted by molar-refractivity contribution is 7.85. The molecule has 9 nitrogen and oxygen atoms in total. The van der Waals surface area contributed by atoms with E-state index in [1.54, 1.807) is 0 Å². The zero-order valence-corrected chi connectivity index (χ0v) is 8.48. The highest BCUT2D eigenvalue weighted by Gasteiger charge is 2.18. The number of rotatable bonds is 0. The first-order chi connectivity index (χ1) is 6.70. The van der Waals surface area contributed by atoms with Gasteiger partial charge in [0, 0.05) is 0 Å². The van der Waals surface area contributed by atoms with E-state index in [4.69, 9.17) is 9.66 Å². The number of aliphatic hydroxyl groups is 1. The molecule has 0 fully saturated rings. The third-order valence-electron chi connectivity index (χ3n) is 0.737. The van der Waals surface area contributed by atoms with Crippen LogP contribution in [0.1, 0.15) is 0 Å². The number of nitrogens with two attached hydrogens (primary N) is 2. The molecule has 0 bridgehead atoms. The molecule has 0 aromatic carbocycles. The first-order valence-electron chi connectivity index (χ1n) is 3.22. The van der Waals surface area contributed by atoms with Crippen LogP contribution in [0, 0.1) is 0 Å². The van der Waals surface area contributed by atoms with Crippen LogP contribution in [-0.2, 0) is 19.7 Å². The Morgan fingerprint density at radius 2 is 1.67 bits per heavy atom. The summed E-state index contributed by atoms with van der Waals surface area (Å²) in [6.07, 6.45) is 1.55. The fourth-order valence-corrected chi connectivity index (χ4v) is 0.402. The molecule has 0 aromatic heterocycles. The van der Waals surface area contributed by atoms with Gasteiger partial charge in [-0.25, -0.2) is 0 Å². The van der Waals surface area contributed by atoms with E-state index in [2.05, 4.69) is 11.7 Å². The molecule has 2 amide bonds. The Labute approximate surface area is 85.5 Å². The van der Waals surface area contributed by atoms with Crippen molar-refractivity contribution in [1.29, 1.82) is 0 Å². The van der Waals surface area contributed by atoms with Crippen LogP contribution < -0.4 is 17.0 Å². The van der Waals surface area contributed by atoms with Crippen molar-refractivity contribution in [2.45, 2.75) is 0 Å². The Bertz CT molecular complexity index is 351. The number of imide groups is 1. The summed E-state index contributed by atoms with van der Waals surface area (Å²) in [5.41, 5.74) is 0. The Kier molecular flexibility index (Phi) is 7.33. The van der Waals surface area contributed by atoms with Gasteiger partial charge < -0.3 is 5.11 Å². The summed E-state index contributed by atoms with van der Waals surface area (Å²) in [4.78, 5) is 20.2. The van der Waals surface area contributed by atoms with E-state index in [-0.39, 0.29) is 0 Å². The molecular formula is C5H11N3O6S. The average molecular weight is 241 g/mol. The second kappa shape index (κ2) is 6.89. The van der Waals surface area contributed by atoms with Gasteiger partial charge in [0.15, 0.2) is 5.76 Å². The smallest absolute Gasteiger partial charge is 0.293 e. The van der Waals surface area contributed by atoms with E-state index in [0.717, 1.165) is 6.08 Å². The number of hydrogen-bond donors (Lipinski definition) is 5. The van der Waals surface area contributed by atoms with Crippen LogP contribution in [0.4, 0.5) is 0 Å². The van der Waals surface area contributed by atoms with E-state index in [0.29, 0.717) is 6.26 Å². The van der Waals surface area contributed by atoms with Gasteiger partial charge in [0.2, 0.25) is 0 Å². The monoisotopic (exact) mass is 241 g/mol. The molecule has 1 aliphatic heterocycles. The molecule has 7 N–H and O–H groups in total. The van der Waals surface area contributed by atoms with Crippen LogP contribution in [0.3, 0.4) is 0 Å². The highest BCUT2D eigenvalue weighted by atomic mass is 32.2. The Balaban J connectivity index is 0. The second-order valence-corrected chi connectivity index (χ2v) is 3.55. The SMILES string of the molecule is CS(=O)(=O)O.NN.O=C1C=C(O)C(=O)N1. The zero-order chi connectivity index (χ0) is 12.6. The van der Waals surface area contributed by atoms with E-state index < -0.39 is 27.7 Å². The predicted molar refractivity (Wildman–Crippen MR) is 49.7 cm³/mol. The molecule has 0 unspecified atom stereocenters. The van der Waals surface area contributed by atoms with E-state index in [1.165, 1.54) is 0 Å². The Hall–Kier alpha value is -1.49. The van der Waals surface area contributed by atoms with Crippen LogP contribution in [0.5, 0.6) is 0 Å². The van der Waals surface area contributed by atoms with E-state index in [9.17, 15) is 18.0 Å². The van der Waals surface area contributed by atoms with Gasteiger partial charge in [0.05, 0.1) is 12.3 Å². The molecule has 1 rings (SSSR count). The van der Waals surface area contributed by atoms with Crippen molar-refractivity contribution in [2.75, 3.05) is 6.26 Å². The van der Waals surface area contributed by atoms with Crippen molar-refractivity contribution in [3.8, 4) is 0 Å². The lowest BCUT2D eigenvalue weighted by Gasteiger charge is -1.83. The number of amides is 2. The van der Waals surface area contributed by atoms with Crippen LogP contribution in [0.15, 0.2) is 11.8 Å². The standard InChI is InChI=1S/C4H3NO3.CH4O3S.H4N2/c6-2-1-3(7)5-4(2)8;1-5(2,3)4;1-2/h1H,(H2,5,6,7,8);1H3,(H,2,3,4);1-2H2. The normalized spacial score (nSPS) is 14.0. The fraction of sp³-hybridized carbons (Fsp3) is 0.200. The minimum Gasteiger partial charge on any atom is -0.503 e. The maximum Gasteiger partial charge on any atom is 0.293 e. The molecule has 88 valence electrons. The maximum absolute atomic E-state index is 10.1. The first-order valence-corrected chi connectivity index (χ1v) is 5.07. The molecule has 0 aliphatic carbocycles. The molecule has 1 aliphatic rings. The quantitative estimate of drug-likeness (QED) is 0.133. The van der Waals surface area contributed by atoms with Gasteiger partial charge in [-0.1, -0.05) is 0 Å². The molecule has 1 heterocycles. The molecule has 0 saturated carbocycles. The third kappa shape index (κ3) is 12.5. The van der Waals surface area contributed by atoms with Crippen LogP contribution in [0.25, 0.3) is 0 Å². The van der Waals surface area contributed by atoms with Gasteiger partial charge in [-0.2, -0.15) is 8.42 Å². The Morgan fingerprint density at radius 3 is 1.73 bits per heavy atom. The van der Waals surface area contributed by atoms with Gasteiger partial charge in [0.1, 0.15) is 0 Å². The lowest BCUT2D eigenvalue weighted by Crippen LogP contribution is -2.21. The van der Waals surface area contributed by atoms with Gasteiger partial charge in [0.25, 0.3) is 21.9 Å². The van der Waals surface area contributed by atoms with Crippen molar-refractivity contribution in [2.24, 2.45) is 11.7 Å². The number of aliphatic hydroxyl groups excluding tert-OH is 1. The molecular weight excluding hydrogens is 230 g/mol. The number of nitrogens with one attached hydrogen (secondary N) is 1. The summed E-state index contributed by atoms with van der Waals surface area (Å²) in [5.74, 6) is 6.19. The minimum absolute atomic E-state index is 0.519. The van der Waals surface area contributed by atoms with Gasteiger partial charge in [-0.05, 0) is 0 Å². The molecule has 0 spiro atoms. The first kappa shape index (κ1) is 16.0. The number of hydrazine groups is 1. The Morgan fingerprint density at radius 1 is 1.33 bits per heavy atom. The summed E-state index contributed by atoms with van der Waals surface area (Å²) in [7, 11) is -3.67. The van der Waals surface area contributed by atoms with Gasteiger partial charge in [-0.3, -0.25) is 31.1 Å². The van der Waals surface area contributed by atoms with E-state index in [1.807, 2.05) is 5.32 Å². The number of carbonyl (C=O) groups excluding carboxylic acids is 2. The molecule has 0 aromatic rings. The summed E-state index contributed by atoms with van der Waals surface area (Å²) in [6.45, 7) is 0. The average Bonchev–Trinajstić information content (AvgIpc) is 2.30. The number of hydrogen-bond acceptors (Lipinski definition) is 7. The van der Waals surface area contributed by atoms with Crippen molar-refractivity contribution in [3.63, 3.8) is 0 Å². The van der Waals surface area contributed by atoms with Crippen molar-refractivity contribution >= 4 is 21.9 Å².